The molecule has 0 saturated carbocycles. The van der Waals surface area contributed by atoms with Crippen LogP contribution in [0.2, 0.25) is 5.02 Å². The maximum Gasteiger partial charge on any atom is 0.125 e. The second kappa shape index (κ2) is 6.31. The van der Waals surface area contributed by atoms with Crippen LogP contribution < -0.4 is 10.1 Å². The molecule has 0 aliphatic rings. The van der Waals surface area contributed by atoms with Crippen LogP contribution in [0.15, 0.2) is 40.9 Å². The third kappa shape index (κ3) is 3.64. The summed E-state index contributed by atoms with van der Waals surface area (Å²) in [6, 6.07) is 11.9. The number of nitrogens with one attached hydrogen (secondary N) is 1. The standard InChI is InChI=1S/C15H15BrClNO/c1-10-6-11(16)8-12(7-10)18-9-13-14(17)4-3-5-15(13)19-2/h3-8,18H,9H2,1-2H3. The third-order valence-corrected chi connectivity index (χ3v) is 3.62. The predicted octanol–water partition coefficient (Wildman–Crippen LogP) is 5.03. The van der Waals surface area contributed by atoms with Crippen LogP contribution in [0.1, 0.15) is 11.1 Å². The molecule has 0 unspecified atom stereocenters. The Labute approximate surface area is 126 Å². The number of hydrogen-bond acceptors (Lipinski definition) is 2. The largest absolute Gasteiger partial charge is 0.496 e. The van der Waals surface area contributed by atoms with Gasteiger partial charge < -0.3 is 10.1 Å². The highest BCUT2D eigenvalue weighted by molar-refractivity contribution is 9.10. The van der Waals surface area contributed by atoms with Crippen molar-refractivity contribution in [2.75, 3.05) is 12.4 Å². The number of rotatable bonds is 4. The van der Waals surface area contributed by atoms with E-state index in [1.165, 1.54) is 5.56 Å². The molecule has 4 heteroatoms. The molecule has 1 N–H and O–H groups in total. The Balaban J connectivity index is 2.18. The first-order valence-corrected chi connectivity index (χ1v) is 7.09. The Morgan fingerprint density at radius 1 is 1.26 bits per heavy atom. The van der Waals surface area contributed by atoms with Gasteiger partial charge in [-0.15, -0.1) is 0 Å². The van der Waals surface area contributed by atoms with Crippen LogP contribution in [0.5, 0.6) is 5.75 Å². The highest BCUT2D eigenvalue weighted by Crippen LogP contribution is 2.27. The zero-order valence-electron chi connectivity index (χ0n) is 10.8. The van der Waals surface area contributed by atoms with E-state index < -0.39 is 0 Å². The van der Waals surface area contributed by atoms with E-state index in [1.54, 1.807) is 7.11 Å². The SMILES string of the molecule is COc1cccc(Cl)c1CNc1cc(C)cc(Br)c1. The average molecular weight is 341 g/mol. The zero-order valence-corrected chi connectivity index (χ0v) is 13.2. The van der Waals surface area contributed by atoms with E-state index in [0.29, 0.717) is 11.6 Å². The normalized spacial score (nSPS) is 10.3. The summed E-state index contributed by atoms with van der Waals surface area (Å²) in [6.45, 7) is 2.69. The minimum absolute atomic E-state index is 0.624. The van der Waals surface area contributed by atoms with Gasteiger partial charge in [0.2, 0.25) is 0 Å². The van der Waals surface area contributed by atoms with Gasteiger partial charge in [-0.25, -0.2) is 0 Å². The summed E-state index contributed by atoms with van der Waals surface area (Å²) < 4.78 is 6.38. The van der Waals surface area contributed by atoms with Crippen molar-refractivity contribution >= 4 is 33.2 Å². The van der Waals surface area contributed by atoms with E-state index >= 15 is 0 Å². The lowest BCUT2D eigenvalue weighted by molar-refractivity contribution is 0.410. The summed E-state index contributed by atoms with van der Waals surface area (Å²) in [7, 11) is 1.65. The number of benzene rings is 2. The predicted molar refractivity (Wildman–Crippen MR) is 84.2 cm³/mol. The molecule has 0 atom stereocenters. The average Bonchev–Trinajstić information content (AvgIpc) is 2.36. The molecular formula is C15H15BrClNO. The number of ether oxygens (including phenoxy) is 1. The summed E-state index contributed by atoms with van der Waals surface area (Å²) in [4.78, 5) is 0. The first kappa shape index (κ1) is 14.2. The lowest BCUT2D eigenvalue weighted by Gasteiger charge is -2.13. The molecule has 0 bridgehead atoms. The monoisotopic (exact) mass is 339 g/mol. The summed E-state index contributed by atoms with van der Waals surface area (Å²) in [5, 5.41) is 4.07. The van der Waals surface area contributed by atoms with Crippen molar-refractivity contribution in [1.29, 1.82) is 0 Å². The Kier molecular flexibility index (Phi) is 4.72. The smallest absolute Gasteiger partial charge is 0.125 e. The van der Waals surface area contributed by atoms with Gasteiger partial charge in [0.25, 0.3) is 0 Å². The van der Waals surface area contributed by atoms with Crippen molar-refractivity contribution in [2.24, 2.45) is 0 Å². The van der Waals surface area contributed by atoms with Crippen molar-refractivity contribution in [1.82, 2.24) is 0 Å². The molecule has 0 aliphatic carbocycles. The van der Waals surface area contributed by atoms with E-state index in [1.807, 2.05) is 24.3 Å². The molecule has 2 rings (SSSR count). The Bertz CT molecular complexity index is 566. The van der Waals surface area contributed by atoms with E-state index in [2.05, 4.69) is 40.3 Å². The molecule has 0 aliphatic heterocycles. The van der Waals surface area contributed by atoms with Crippen LogP contribution >= 0.6 is 27.5 Å². The molecular weight excluding hydrogens is 326 g/mol. The quantitative estimate of drug-likeness (QED) is 0.842. The lowest BCUT2D eigenvalue weighted by atomic mass is 10.1. The second-order valence-corrected chi connectivity index (χ2v) is 5.61. The summed E-state index contributed by atoms with van der Waals surface area (Å²) in [5.74, 6) is 0.798. The van der Waals surface area contributed by atoms with Gasteiger partial charge in [-0.2, -0.15) is 0 Å². The third-order valence-electron chi connectivity index (χ3n) is 2.81. The van der Waals surface area contributed by atoms with Gasteiger partial charge in [-0.1, -0.05) is 33.6 Å². The van der Waals surface area contributed by atoms with E-state index in [9.17, 15) is 0 Å². The molecule has 19 heavy (non-hydrogen) atoms. The van der Waals surface area contributed by atoms with Gasteiger partial charge in [-0.3, -0.25) is 0 Å². The molecule has 0 spiro atoms. The van der Waals surface area contributed by atoms with Gasteiger partial charge in [0.1, 0.15) is 5.75 Å². The van der Waals surface area contributed by atoms with Gasteiger partial charge in [-0.05, 0) is 42.8 Å². The van der Waals surface area contributed by atoms with Crippen LogP contribution in [-0.2, 0) is 6.54 Å². The molecule has 100 valence electrons. The molecule has 0 fully saturated rings. The molecule has 2 aromatic carbocycles. The molecule has 0 aromatic heterocycles. The topological polar surface area (TPSA) is 21.3 Å². The first-order chi connectivity index (χ1) is 9.10. The molecule has 0 heterocycles. The maximum atomic E-state index is 6.21. The highest BCUT2D eigenvalue weighted by atomic mass is 79.9. The molecule has 0 radical (unpaired) electrons. The summed E-state index contributed by atoms with van der Waals surface area (Å²) in [5.41, 5.74) is 3.21. The number of halogens is 2. The van der Waals surface area contributed by atoms with Crippen LogP contribution in [0, 0.1) is 6.92 Å². The van der Waals surface area contributed by atoms with Gasteiger partial charge in [0, 0.05) is 27.3 Å². The van der Waals surface area contributed by atoms with Gasteiger partial charge in [0.15, 0.2) is 0 Å². The van der Waals surface area contributed by atoms with Crippen molar-refractivity contribution in [3.63, 3.8) is 0 Å². The van der Waals surface area contributed by atoms with Crippen LogP contribution in [0.25, 0.3) is 0 Å². The van der Waals surface area contributed by atoms with Gasteiger partial charge in [0.05, 0.1) is 7.11 Å². The van der Waals surface area contributed by atoms with E-state index in [0.717, 1.165) is 21.5 Å². The van der Waals surface area contributed by atoms with Crippen LogP contribution in [0.4, 0.5) is 5.69 Å². The van der Waals surface area contributed by atoms with Gasteiger partial charge >= 0.3 is 0 Å². The highest BCUT2D eigenvalue weighted by Gasteiger charge is 2.07. The maximum absolute atomic E-state index is 6.21. The Morgan fingerprint density at radius 3 is 2.74 bits per heavy atom. The fraction of sp³-hybridized carbons (Fsp3) is 0.200. The molecule has 2 aromatic rings. The molecule has 0 saturated heterocycles. The van der Waals surface area contributed by atoms with Crippen molar-refractivity contribution in [2.45, 2.75) is 13.5 Å². The summed E-state index contributed by atoms with van der Waals surface area (Å²) in [6.07, 6.45) is 0. The summed E-state index contributed by atoms with van der Waals surface area (Å²) >= 11 is 9.70. The molecule has 2 nitrogen and oxygen atoms in total. The number of aryl methyl sites for hydroxylation is 1. The van der Waals surface area contributed by atoms with Crippen molar-refractivity contribution in [3.8, 4) is 5.75 Å². The fourth-order valence-electron chi connectivity index (χ4n) is 1.93. The van der Waals surface area contributed by atoms with Crippen LogP contribution in [0.3, 0.4) is 0 Å². The number of methoxy groups -OCH3 is 1. The van der Waals surface area contributed by atoms with E-state index in [4.69, 9.17) is 16.3 Å². The van der Waals surface area contributed by atoms with E-state index in [-0.39, 0.29) is 0 Å². The minimum atomic E-state index is 0.624. The second-order valence-electron chi connectivity index (χ2n) is 4.29. The lowest BCUT2D eigenvalue weighted by Crippen LogP contribution is -2.02. The first-order valence-electron chi connectivity index (χ1n) is 5.92. The van der Waals surface area contributed by atoms with Crippen molar-refractivity contribution in [3.05, 3.63) is 57.0 Å². The van der Waals surface area contributed by atoms with Crippen molar-refractivity contribution < 1.29 is 4.74 Å². The minimum Gasteiger partial charge on any atom is -0.496 e. The van der Waals surface area contributed by atoms with Crippen LogP contribution in [-0.4, -0.2) is 7.11 Å². The zero-order chi connectivity index (χ0) is 13.8. The Hall–Kier alpha value is -1.19. The Morgan fingerprint density at radius 2 is 2.05 bits per heavy atom. The molecule has 0 amide bonds. The number of hydrogen-bond donors (Lipinski definition) is 1. The fourth-order valence-corrected chi connectivity index (χ4v) is 2.77. The number of anilines is 1.